The number of amides is 1. The van der Waals surface area contributed by atoms with Gasteiger partial charge in [-0.15, -0.1) is 10.2 Å². The molecule has 4 rings (SSSR count). The molecule has 158 valence electrons. The average Bonchev–Trinajstić information content (AvgIpc) is 3.17. The number of thioether (sulfide) groups is 1. The van der Waals surface area contributed by atoms with E-state index in [-0.39, 0.29) is 5.91 Å². The van der Waals surface area contributed by atoms with Crippen LogP contribution in [0.3, 0.4) is 0 Å². The van der Waals surface area contributed by atoms with Crippen LogP contribution >= 0.6 is 11.8 Å². The van der Waals surface area contributed by atoms with E-state index < -0.39 is 4.75 Å². The molecule has 2 aromatic heterocycles. The van der Waals surface area contributed by atoms with Crippen molar-refractivity contribution in [2.75, 3.05) is 0 Å². The molecule has 31 heavy (non-hydrogen) atoms. The fraction of sp³-hybridized carbons (Fsp3) is 0.250. The number of pyridine rings is 1. The standard InChI is InChI=1S/C24H25N5OS/c1-24(2,22(30)26-20-11-7-4-8-12-20)31-23-28-27-21(19-13-15-25-16-14-19)29(23)17-18-9-5-3-6-10-18/h3-7,9-11,13-16H,8,12,17H2,1-2H3,(H,26,30). The van der Waals surface area contributed by atoms with E-state index in [1.54, 1.807) is 12.4 Å². The highest BCUT2D eigenvalue weighted by atomic mass is 32.2. The van der Waals surface area contributed by atoms with Gasteiger partial charge >= 0.3 is 0 Å². The normalized spacial score (nSPS) is 13.7. The van der Waals surface area contributed by atoms with Gasteiger partial charge in [0.25, 0.3) is 0 Å². The van der Waals surface area contributed by atoms with Gasteiger partial charge in [0.15, 0.2) is 11.0 Å². The lowest BCUT2D eigenvalue weighted by Gasteiger charge is -2.24. The van der Waals surface area contributed by atoms with Crippen LogP contribution in [0.25, 0.3) is 11.4 Å². The van der Waals surface area contributed by atoms with E-state index in [0.717, 1.165) is 35.5 Å². The quantitative estimate of drug-likeness (QED) is 0.553. The van der Waals surface area contributed by atoms with Crippen LogP contribution < -0.4 is 5.32 Å². The molecule has 0 spiro atoms. The minimum Gasteiger partial charge on any atom is -0.329 e. The lowest BCUT2D eigenvalue weighted by molar-refractivity contribution is -0.122. The Bertz CT molecular complexity index is 1100. The second-order valence-corrected chi connectivity index (χ2v) is 9.43. The van der Waals surface area contributed by atoms with Gasteiger partial charge in [-0.25, -0.2) is 0 Å². The van der Waals surface area contributed by atoms with E-state index in [2.05, 4.69) is 43.3 Å². The van der Waals surface area contributed by atoms with Crippen LogP contribution in [0, 0.1) is 0 Å². The first-order valence-electron chi connectivity index (χ1n) is 10.3. The molecular formula is C24H25N5OS. The Hall–Kier alpha value is -3.19. The SMILES string of the molecule is CC(C)(Sc1nnc(-c2ccncc2)n1Cc1ccccc1)C(=O)NC1=CC=CCC1. The molecule has 2 heterocycles. The highest BCUT2D eigenvalue weighted by molar-refractivity contribution is 8.01. The van der Waals surface area contributed by atoms with Crippen molar-refractivity contribution in [2.45, 2.75) is 43.1 Å². The number of nitrogens with zero attached hydrogens (tertiary/aromatic N) is 4. The van der Waals surface area contributed by atoms with Crippen LogP contribution in [-0.4, -0.2) is 30.4 Å². The van der Waals surface area contributed by atoms with Crippen LogP contribution in [-0.2, 0) is 11.3 Å². The van der Waals surface area contributed by atoms with Crippen molar-refractivity contribution in [3.05, 3.63) is 84.3 Å². The van der Waals surface area contributed by atoms with Crippen molar-refractivity contribution < 1.29 is 4.79 Å². The number of hydrogen-bond acceptors (Lipinski definition) is 5. The van der Waals surface area contributed by atoms with Crippen molar-refractivity contribution in [2.24, 2.45) is 0 Å². The highest BCUT2D eigenvalue weighted by Crippen LogP contribution is 2.34. The second-order valence-electron chi connectivity index (χ2n) is 7.84. The van der Waals surface area contributed by atoms with E-state index in [1.165, 1.54) is 11.8 Å². The van der Waals surface area contributed by atoms with Gasteiger partial charge in [-0.05, 0) is 50.5 Å². The molecule has 0 atom stereocenters. The number of nitrogens with one attached hydrogen (secondary N) is 1. The van der Waals surface area contributed by atoms with Crippen molar-refractivity contribution >= 4 is 17.7 Å². The Morgan fingerprint density at radius 2 is 1.90 bits per heavy atom. The summed E-state index contributed by atoms with van der Waals surface area (Å²) < 4.78 is 1.34. The molecule has 1 amide bonds. The van der Waals surface area contributed by atoms with Gasteiger partial charge in [-0.2, -0.15) is 0 Å². The van der Waals surface area contributed by atoms with Crippen LogP contribution in [0.5, 0.6) is 0 Å². The van der Waals surface area contributed by atoms with E-state index in [4.69, 9.17) is 0 Å². The van der Waals surface area contributed by atoms with Gasteiger partial charge < -0.3 is 5.32 Å². The number of rotatable bonds is 7. The number of carbonyl (C=O) groups excluding carboxylic acids is 1. The summed E-state index contributed by atoms with van der Waals surface area (Å²) in [5.74, 6) is 0.712. The Morgan fingerprint density at radius 1 is 1.13 bits per heavy atom. The van der Waals surface area contributed by atoms with Crippen LogP contribution in [0.1, 0.15) is 32.3 Å². The zero-order valence-corrected chi connectivity index (χ0v) is 18.5. The Balaban J connectivity index is 1.62. The van der Waals surface area contributed by atoms with Gasteiger partial charge in [0, 0.05) is 23.7 Å². The number of aromatic nitrogens is 4. The molecule has 0 saturated heterocycles. The lowest BCUT2D eigenvalue weighted by atomic mass is 10.1. The van der Waals surface area contributed by atoms with Gasteiger partial charge in [0.1, 0.15) is 0 Å². The Morgan fingerprint density at radius 3 is 2.61 bits per heavy atom. The monoisotopic (exact) mass is 431 g/mol. The molecule has 0 bridgehead atoms. The summed E-state index contributed by atoms with van der Waals surface area (Å²) in [5, 5.41) is 12.7. The topological polar surface area (TPSA) is 72.7 Å². The summed E-state index contributed by atoms with van der Waals surface area (Å²) in [6.07, 6.45) is 11.3. The van der Waals surface area contributed by atoms with Crippen LogP contribution in [0.4, 0.5) is 0 Å². The molecular weight excluding hydrogens is 406 g/mol. The minimum atomic E-state index is -0.723. The fourth-order valence-electron chi connectivity index (χ4n) is 3.26. The number of hydrogen-bond donors (Lipinski definition) is 1. The van der Waals surface area contributed by atoms with Gasteiger partial charge in [0.2, 0.25) is 5.91 Å². The second kappa shape index (κ2) is 9.31. The van der Waals surface area contributed by atoms with Crippen molar-refractivity contribution in [3.63, 3.8) is 0 Å². The van der Waals surface area contributed by atoms with Gasteiger partial charge in [-0.3, -0.25) is 14.3 Å². The van der Waals surface area contributed by atoms with E-state index in [9.17, 15) is 4.79 Å². The molecule has 1 aliphatic rings. The van der Waals surface area contributed by atoms with Gasteiger partial charge in [-0.1, -0.05) is 54.2 Å². The zero-order valence-electron chi connectivity index (χ0n) is 17.7. The maximum absolute atomic E-state index is 13.0. The first kappa shape index (κ1) is 21.1. The summed E-state index contributed by atoms with van der Waals surface area (Å²) in [6.45, 7) is 4.45. The molecule has 0 saturated carbocycles. The molecule has 1 aromatic carbocycles. The van der Waals surface area contributed by atoms with Crippen LogP contribution in [0.2, 0.25) is 0 Å². The Labute approximate surface area is 186 Å². The number of allylic oxidation sites excluding steroid dienone is 4. The van der Waals surface area contributed by atoms with E-state index >= 15 is 0 Å². The Kier molecular flexibility index (Phi) is 6.32. The van der Waals surface area contributed by atoms with E-state index in [1.807, 2.05) is 56.3 Å². The first-order chi connectivity index (χ1) is 15.0. The molecule has 0 fully saturated rings. The molecule has 3 aromatic rings. The fourth-order valence-corrected chi connectivity index (χ4v) is 4.21. The summed E-state index contributed by atoms with van der Waals surface area (Å²) in [7, 11) is 0. The summed E-state index contributed by atoms with van der Waals surface area (Å²) in [6, 6.07) is 14.0. The molecule has 0 radical (unpaired) electrons. The predicted molar refractivity (Wildman–Crippen MR) is 123 cm³/mol. The number of benzene rings is 1. The van der Waals surface area contributed by atoms with Crippen LogP contribution in [0.15, 0.2) is 83.9 Å². The maximum Gasteiger partial charge on any atom is 0.240 e. The predicted octanol–water partition coefficient (Wildman–Crippen LogP) is 4.61. The third-order valence-corrected chi connectivity index (χ3v) is 6.20. The number of carbonyl (C=O) groups is 1. The van der Waals surface area contributed by atoms with Gasteiger partial charge in [0.05, 0.1) is 11.3 Å². The molecule has 0 aliphatic heterocycles. The summed E-state index contributed by atoms with van der Waals surface area (Å²) in [4.78, 5) is 17.1. The molecule has 1 N–H and O–H groups in total. The maximum atomic E-state index is 13.0. The van der Waals surface area contributed by atoms with Crippen molar-refractivity contribution in [1.82, 2.24) is 25.1 Å². The summed E-state index contributed by atoms with van der Waals surface area (Å²) in [5.41, 5.74) is 3.02. The average molecular weight is 432 g/mol. The third kappa shape index (κ3) is 5.11. The molecule has 0 unspecified atom stereocenters. The smallest absolute Gasteiger partial charge is 0.240 e. The van der Waals surface area contributed by atoms with E-state index in [0.29, 0.717) is 11.7 Å². The summed E-state index contributed by atoms with van der Waals surface area (Å²) >= 11 is 1.42. The van der Waals surface area contributed by atoms with Crippen molar-refractivity contribution in [1.29, 1.82) is 0 Å². The molecule has 6 nitrogen and oxygen atoms in total. The van der Waals surface area contributed by atoms with Crippen molar-refractivity contribution in [3.8, 4) is 11.4 Å². The zero-order chi connectivity index (χ0) is 21.7. The first-order valence-corrected chi connectivity index (χ1v) is 11.1. The lowest BCUT2D eigenvalue weighted by Crippen LogP contribution is -2.39. The highest BCUT2D eigenvalue weighted by Gasteiger charge is 2.32. The molecule has 1 aliphatic carbocycles. The minimum absolute atomic E-state index is 0.0428. The molecule has 7 heteroatoms. The largest absolute Gasteiger partial charge is 0.329 e. The third-order valence-electron chi connectivity index (χ3n) is 5.02.